The van der Waals surface area contributed by atoms with Crippen molar-refractivity contribution in [3.05, 3.63) is 78.5 Å². The van der Waals surface area contributed by atoms with Gasteiger partial charge in [0.15, 0.2) is 0 Å². The van der Waals surface area contributed by atoms with Crippen LogP contribution in [0.4, 0.5) is 0 Å². The highest BCUT2D eigenvalue weighted by Gasteiger charge is 2.44. The highest BCUT2D eigenvalue weighted by atomic mass is 16.7. The molecule has 0 fully saturated rings. The normalized spacial score (nSPS) is 17.7. The van der Waals surface area contributed by atoms with E-state index in [4.69, 9.17) is 18.3 Å². The maximum Gasteiger partial charge on any atom is 0.344 e. The SMILES string of the molecule is COC1Oc2c(c(=O)oc3c(C)ccc(C)c23)C1c1c(O)c2c(C)ccc(C)c2oc1=O. The van der Waals surface area contributed by atoms with Gasteiger partial charge in [-0.05, 0) is 49.9 Å². The van der Waals surface area contributed by atoms with E-state index in [1.165, 1.54) is 7.11 Å². The Hall–Kier alpha value is -3.58. The summed E-state index contributed by atoms with van der Waals surface area (Å²) in [6.07, 6.45) is -1.02. The van der Waals surface area contributed by atoms with Gasteiger partial charge in [-0.3, -0.25) is 0 Å². The summed E-state index contributed by atoms with van der Waals surface area (Å²) in [5.74, 6) is -0.966. The molecule has 0 saturated heterocycles. The lowest BCUT2D eigenvalue weighted by molar-refractivity contribution is -0.0472. The molecule has 4 aromatic rings. The summed E-state index contributed by atoms with van der Waals surface area (Å²) >= 11 is 0. The third-order valence-corrected chi connectivity index (χ3v) is 6.28. The van der Waals surface area contributed by atoms with Crippen LogP contribution in [0.15, 0.2) is 42.7 Å². The van der Waals surface area contributed by atoms with Gasteiger partial charge in [-0.2, -0.15) is 0 Å². The van der Waals surface area contributed by atoms with Gasteiger partial charge in [0.25, 0.3) is 0 Å². The lowest BCUT2D eigenvalue weighted by Crippen LogP contribution is -2.28. The van der Waals surface area contributed by atoms with Gasteiger partial charge in [0, 0.05) is 7.11 Å². The van der Waals surface area contributed by atoms with Crippen LogP contribution in [0.5, 0.6) is 11.5 Å². The molecule has 0 saturated carbocycles. The Balaban J connectivity index is 1.90. The standard InChI is InChI=1S/C25H22O7/c1-10-6-8-12(3)20-14(10)19(26)17(23(27)30-20)16-18-22(32-25(16)29-5)15-11(2)7-9-13(4)21(15)31-24(18)28/h6-9,16,25-26H,1-5H3. The maximum absolute atomic E-state index is 13.1. The van der Waals surface area contributed by atoms with Crippen LogP contribution in [0.2, 0.25) is 0 Å². The lowest BCUT2D eigenvalue weighted by atomic mass is 9.90. The van der Waals surface area contributed by atoms with Gasteiger partial charge in [-0.15, -0.1) is 0 Å². The third kappa shape index (κ3) is 2.64. The Labute approximate surface area is 182 Å². The molecule has 0 bridgehead atoms. The van der Waals surface area contributed by atoms with Crippen LogP contribution in [0.1, 0.15) is 39.3 Å². The minimum absolute atomic E-state index is 0.0891. The minimum atomic E-state index is -1.02. The number of aromatic hydroxyl groups is 1. The van der Waals surface area contributed by atoms with Gasteiger partial charge < -0.3 is 23.4 Å². The van der Waals surface area contributed by atoms with Crippen LogP contribution < -0.4 is 16.0 Å². The smallest absolute Gasteiger partial charge is 0.344 e. The number of ether oxygens (including phenoxy) is 2. The molecule has 0 amide bonds. The van der Waals surface area contributed by atoms with Crippen molar-refractivity contribution in [3.63, 3.8) is 0 Å². The number of rotatable bonds is 2. The second-order valence-corrected chi connectivity index (χ2v) is 8.29. The Morgan fingerprint density at radius 2 is 1.28 bits per heavy atom. The van der Waals surface area contributed by atoms with E-state index in [-0.39, 0.29) is 16.9 Å². The van der Waals surface area contributed by atoms with Gasteiger partial charge >= 0.3 is 11.3 Å². The summed E-state index contributed by atoms with van der Waals surface area (Å²) in [5.41, 5.74) is 2.45. The number of benzene rings is 2. The lowest BCUT2D eigenvalue weighted by Gasteiger charge is -2.18. The molecule has 2 aromatic carbocycles. The summed E-state index contributed by atoms with van der Waals surface area (Å²) < 4.78 is 22.9. The van der Waals surface area contributed by atoms with Crippen molar-refractivity contribution in [3.8, 4) is 11.5 Å². The molecule has 7 nitrogen and oxygen atoms in total. The maximum atomic E-state index is 13.1. The molecule has 3 heterocycles. The van der Waals surface area contributed by atoms with E-state index in [0.29, 0.717) is 33.3 Å². The van der Waals surface area contributed by atoms with E-state index in [0.717, 1.165) is 16.7 Å². The first-order valence-corrected chi connectivity index (χ1v) is 10.3. The van der Waals surface area contributed by atoms with Crippen LogP contribution in [0, 0.1) is 27.7 Å². The molecule has 0 aliphatic carbocycles. The quantitative estimate of drug-likeness (QED) is 0.469. The van der Waals surface area contributed by atoms with E-state index in [1.807, 2.05) is 45.0 Å². The summed E-state index contributed by atoms with van der Waals surface area (Å²) in [5, 5.41) is 12.3. The minimum Gasteiger partial charge on any atom is -0.507 e. The second-order valence-electron chi connectivity index (χ2n) is 8.29. The summed E-state index contributed by atoms with van der Waals surface area (Å²) in [6, 6.07) is 7.42. The van der Waals surface area contributed by atoms with Crippen molar-refractivity contribution < 1.29 is 23.4 Å². The van der Waals surface area contributed by atoms with Crippen molar-refractivity contribution in [1.29, 1.82) is 0 Å². The van der Waals surface area contributed by atoms with Crippen molar-refractivity contribution in [1.82, 2.24) is 0 Å². The molecule has 1 aliphatic rings. The summed E-state index contributed by atoms with van der Waals surface area (Å²) in [4.78, 5) is 26.2. The topological polar surface area (TPSA) is 99.1 Å². The number of aryl methyl sites for hydroxylation is 4. The third-order valence-electron chi connectivity index (χ3n) is 6.28. The zero-order chi connectivity index (χ0) is 22.9. The Morgan fingerprint density at radius 3 is 1.88 bits per heavy atom. The zero-order valence-corrected chi connectivity index (χ0v) is 18.4. The van der Waals surface area contributed by atoms with E-state index in [2.05, 4.69) is 0 Å². The van der Waals surface area contributed by atoms with Crippen LogP contribution >= 0.6 is 0 Å². The van der Waals surface area contributed by atoms with Gasteiger partial charge in [-0.1, -0.05) is 24.3 Å². The average molecular weight is 434 g/mol. The second kappa shape index (κ2) is 6.97. The molecule has 0 radical (unpaired) electrons. The van der Waals surface area contributed by atoms with E-state index >= 15 is 0 Å². The number of hydrogen-bond acceptors (Lipinski definition) is 7. The van der Waals surface area contributed by atoms with Gasteiger partial charge in [0.2, 0.25) is 6.29 Å². The Bertz CT molecular complexity index is 1540. The monoisotopic (exact) mass is 434 g/mol. The van der Waals surface area contributed by atoms with Gasteiger partial charge in [0.1, 0.15) is 22.7 Å². The molecule has 2 aromatic heterocycles. The van der Waals surface area contributed by atoms with Crippen molar-refractivity contribution in [2.24, 2.45) is 0 Å². The van der Waals surface area contributed by atoms with E-state index in [1.54, 1.807) is 6.92 Å². The molecule has 7 heteroatoms. The molecule has 1 aliphatic heterocycles. The van der Waals surface area contributed by atoms with Crippen LogP contribution in [0.25, 0.3) is 21.9 Å². The van der Waals surface area contributed by atoms with Gasteiger partial charge in [-0.25, -0.2) is 9.59 Å². The molecule has 2 atom stereocenters. The number of methoxy groups -OCH3 is 1. The summed E-state index contributed by atoms with van der Waals surface area (Å²) in [6.45, 7) is 7.33. The summed E-state index contributed by atoms with van der Waals surface area (Å²) in [7, 11) is 1.42. The van der Waals surface area contributed by atoms with E-state index in [9.17, 15) is 14.7 Å². The van der Waals surface area contributed by atoms with Crippen molar-refractivity contribution in [2.75, 3.05) is 7.11 Å². The van der Waals surface area contributed by atoms with Crippen LogP contribution in [-0.4, -0.2) is 18.5 Å². The highest BCUT2D eigenvalue weighted by Crippen LogP contribution is 2.48. The Morgan fingerprint density at radius 1 is 0.781 bits per heavy atom. The molecule has 0 spiro atoms. The predicted molar refractivity (Wildman–Crippen MR) is 119 cm³/mol. The van der Waals surface area contributed by atoms with E-state index < -0.39 is 23.5 Å². The highest BCUT2D eigenvalue weighted by molar-refractivity contribution is 5.92. The first-order chi connectivity index (χ1) is 15.2. The number of fused-ring (bicyclic) bond motifs is 4. The molecule has 1 N–H and O–H groups in total. The first kappa shape index (κ1) is 20.3. The largest absolute Gasteiger partial charge is 0.507 e. The van der Waals surface area contributed by atoms with Crippen molar-refractivity contribution in [2.45, 2.75) is 39.9 Å². The van der Waals surface area contributed by atoms with Crippen molar-refractivity contribution >= 4 is 21.9 Å². The first-order valence-electron chi connectivity index (χ1n) is 10.3. The Kier molecular flexibility index (Phi) is 4.43. The molecule has 2 unspecified atom stereocenters. The molecule has 164 valence electrons. The number of hydrogen-bond donors (Lipinski definition) is 1. The fourth-order valence-corrected chi connectivity index (χ4v) is 4.61. The van der Waals surface area contributed by atoms with Crippen LogP contribution in [-0.2, 0) is 4.74 Å². The predicted octanol–water partition coefficient (Wildman–Crippen LogP) is 4.34. The average Bonchev–Trinajstić information content (AvgIpc) is 3.13. The van der Waals surface area contributed by atoms with Gasteiger partial charge in [0.05, 0.1) is 27.8 Å². The molecular weight excluding hydrogens is 412 g/mol. The zero-order valence-electron chi connectivity index (χ0n) is 18.4. The fourth-order valence-electron chi connectivity index (χ4n) is 4.61. The fraction of sp³-hybridized carbons (Fsp3) is 0.280. The molecule has 5 rings (SSSR count). The molecule has 32 heavy (non-hydrogen) atoms. The molecular formula is C25H22O7. The van der Waals surface area contributed by atoms with Crippen LogP contribution in [0.3, 0.4) is 0 Å².